The summed E-state index contributed by atoms with van der Waals surface area (Å²) in [5.74, 6) is -1.02. The number of carbonyl (C=O) groups excluding carboxylic acids is 2. The molecule has 7 nitrogen and oxygen atoms in total. The van der Waals surface area contributed by atoms with E-state index in [0.717, 1.165) is 0 Å². The van der Waals surface area contributed by atoms with Crippen molar-refractivity contribution in [3.8, 4) is 0 Å². The van der Waals surface area contributed by atoms with Gasteiger partial charge >= 0.3 is 5.97 Å². The van der Waals surface area contributed by atoms with Crippen LogP contribution in [0, 0.1) is 0 Å². The molecule has 3 N–H and O–H groups in total. The van der Waals surface area contributed by atoms with Crippen LogP contribution in [0.1, 0.15) is 10.4 Å². The van der Waals surface area contributed by atoms with Crippen LogP contribution in [0.4, 0.5) is 5.69 Å². The minimum absolute atomic E-state index is 0.172. The molecule has 0 aromatic heterocycles. The fourth-order valence-corrected chi connectivity index (χ4v) is 1.34. The Morgan fingerprint density at radius 1 is 1.20 bits per heavy atom. The van der Waals surface area contributed by atoms with Crippen LogP contribution in [0.3, 0.4) is 0 Å². The summed E-state index contributed by atoms with van der Waals surface area (Å²) in [7, 11) is 2.92. The van der Waals surface area contributed by atoms with Crippen molar-refractivity contribution in [3.63, 3.8) is 0 Å². The molecule has 0 spiro atoms. The number of nitrogens with two attached hydrogens (primary N) is 1. The Kier molecular flexibility index (Phi) is 6.48. The van der Waals surface area contributed by atoms with Crippen LogP contribution >= 0.6 is 0 Å². The lowest BCUT2D eigenvalue weighted by Crippen LogP contribution is -2.36. The van der Waals surface area contributed by atoms with Crippen LogP contribution in [0.15, 0.2) is 24.3 Å². The molecule has 1 rings (SSSR count). The van der Waals surface area contributed by atoms with E-state index in [1.165, 1.54) is 26.4 Å². The van der Waals surface area contributed by atoms with Gasteiger partial charge in [0.2, 0.25) is 0 Å². The Hall–Kier alpha value is -2.12. The summed E-state index contributed by atoms with van der Waals surface area (Å²) >= 11 is 0. The first kappa shape index (κ1) is 15.9. The number of esters is 1. The number of ether oxygens (including phenoxy) is 3. The Morgan fingerprint density at radius 2 is 1.80 bits per heavy atom. The molecule has 20 heavy (non-hydrogen) atoms. The summed E-state index contributed by atoms with van der Waals surface area (Å²) in [6.07, 6.45) is -0.535. The zero-order valence-corrected chi connectivity index (χ0v) is 11.4. The highest BCUT2D eigenvalue weighted by Crippen LogP contribution is 2.06. The summed E-state index contributed by atoms with van der Waals surface area (Å²) in [6.45, 7) is -0.200. The molecule has 0 radical (unpaired) electrons. The van der Waals surface area contributed by atoms with E-state index in [2.05, 4.69) is 5.32 Å². The van der Waals surface area contributed by atoms with Crippen LogP contribution in [0.2, 0.25) is 0 Å². The summed E-state index contributed by atoms with van der Waals surface area (Å²) in [6, 6.07) is 6.22. The summed E-state index contributed by atoms with van der Waals surface area (Å²) in [4.78, 5) is 23.1. The van der Waals surface area contributed by atoms with E-state index >= 15 is 0 Å². The van der Waals surface area contributed by atoms with E-state index in [1.807, 2.05) is 0 Å². The zero-order valence-electron chi connectivity index (χ0n) is 11.4. The molecule has 0 unspecified atom stereocenters. The minimum atomic E-state index is -0.588. The monoisotopic (exact) mass is 282 g/mol. The Morgan fingerprint density at radius 3 is 2.35 bits per heavy atom. The largest absolute Gasteiger partial charge is 0.452 e. The highest BCUT2D eigenvalue weighted by molar-refractivity contribution is 5.91. The molecule has 1 aromatic carbocycles. The standard InChI is InChI=1S/C13H18N2O5/c1-18-12(19-2)7-15-11(16)8-20-13(17)9-3-5-10(14)6-4-9/h3-6,12H,7-8,14H2,1-2H3,(H,15,16). The number of hydrogen-bond acceptors (Lipinski definition) is 6. The normalized spacial score (nSPS) is 10.3. The first-order valence-electron chi connectivity index (χ1n) is 5.91. The highest BCUT2D eigenvalue weighted by Gasteiger charge is 2.11. The smallest absolute Gasteiger partial charge is 0.338 e. The lowest BCUT2D eigenvalue weighted by atomic mass is 10.2. The van der Waals surface area contributed by atoms with Gasteiger partial charge in [-0.15, -0.1) is 0 Å². The Balaban J connectivity index is 2.33. The predicted molar refractivity (Wildman–Crippen MR) is 72.0 cm³/mol. The van der Waals surface area contributed by atoms with Gasteiger partial charge in [-0.25, -0.2) is 4.79 Å². The molecule has 0 saturated carbocycles. The first-order valence-corrected chi connectivity index (χ1v) is 5.91. The van der Waals surface area contributed by atoms with Crippen LogP contribution in [-0.4, -0.2) is 45.5 Å². The molecule has 0 atom stereocenters. The van der Waals surface area contributed by atoms with Gasteiger partial charge in [0.1, 0.15) is 0 Å². The average molecular weight is 282 g/mol. The van der Waals surface area contributed by atoms with Crippen LogP contribution in [-0.2, 0) is 19.0 Å². The lowest BCUT2D eigenvalue weighted by molar-refractivity contribution is -0.130. The molecule has 0 fully saturated rings. The predicted octanol–water partition coefficient (Wildman–Crippen LogP) is 0.161. The number of anilines is 1. The van der Waals surface area contributed by atoms with Crippen molar-refractivity contribution >= 4 is 17.6 Å². The van der Waals surface area contributed by atoms with Gasteiger partial charge in [-0.05, 0) is 24.3 Å². The third kappa shape index (κ3) is 5.25. The molecule has 7 heteroatoms. The molecule has 1 amide bonds. The average Bonchev–Trinajstić information content (AvgIpc) is 2.46. The molecule has 0 aliphatic rings. The van der Waals surface area contributed by atoms with Crippen molar-refractivity contribution in [1.29, 1.82) is 0 Å². The van der Waals surface area contributed by atoms with E-state index in [0.29, 0.717) is 11.3 Å². The van der Waals surface area contributed by atoms with E-state index in [1.54, 1.807) is 12.1 Å². The number of nitrogens with one attached hydrogen (secondary N) is 1. The van der Waals surface area contributed by atoms with E-state index in [-0.39, 0.29) is 13.2 Å². The second-order valence-electron chi connectivity index (χ2n) is 3.90. The number of amides is 1. The van der Waals surface area contributed by atoms with Crippen molar-refractivity contribution in [2.45, 2.75) is 6.29 Å². The van der Waals surface area contributed by atoms with E-state index in [4.69, 9.17) is 19.9 Å². The third-order valence-electron chi connectivity index (χ3n) is 2.47. The Bertz CT molecular complexity index is 443. The topological polar surface area (TPSA) is 99.9 Å². The van der Waals surface area contributed by atoms with Gasteiger partial charge in [-0.3, -0.25) is 4.79 Å². The van der Waals surface area contributed by atoms with Gasteiger partial charge in [0.25, 0.3) is 5.91 Å². The number of benzene rings is 1. The second-order valence-corrected chi connectivity index (χ2v) is 3.90. The Labute approximate surface area is 117 Å². The third-order valence-corrected chi connectivity index (χ3v) is 2.47. The summed E-state index contributed by atoms with van der Waals surface area (Å²) in [5.41, 5.74) is 6.38. The van der Waals surface area contributed by atoms with Gasteiger partial charge in [0.15, 0.2) is 12.9 Å². The number of rotatable bonds is 7. The fourth-order valence-electron chi connectivity index (χ4n) is 1.34. The van der Waals surface area contributed by atoms with Crippen molar-refractivity contribution in [2.24, 2.45) is 0 Å². The maximum atomic E-state index is 11.6. The van der Waals surface area contributed by atoms with Crippen LogP contribution in [0.5, 0.6) is 0 Å². The number of nitrogen functional groups attached to an aromatic ring is 1. The number of hydrogen-bond donors (Lipinski definition) is 2. The highest BCUT2D eigenvalue weighted by atomic mass is 16.7. The SMILES string of the molecule is COC(CNC(=O)COC(=O)c1ccc(N)cc1)OC. The van der Waals surface area contributed by atoms with Crippen molar-refractivity contribution in [3.05, 3.63) is 29.8 Å². The van der Waals surface area contributed by atoms with Gasteiger partial charge in [-0.2, -0.15) is 0 Å². The van der Waals surface area contributed by atoms with E-state index < -0.39 is 18.2 Å². The lowest BCUT2D eigenvalue weighted by Gasteiger charge is -2.13. The molecule has 0 aliphatic heterocycles. The number of methoxy groups -OCH3 is 2. The summed E-state index contributed by atoms with van der Waals surface area (Å²) < 4.78 is 14.7. The molecular weight excluding hydrogens is 264 g/mol. The molecule has 0 heterocycles. The quantitative estimate of drug-likeness (QED) is 0.420. The molecule has 0 bridgehead atoms. The minimum Gasteiger partial charge on any atom is -0.452 e. The molecule has 0 saturated heterocycles. The zero-order chi connectivity index (χ0) is 15.0. The van der Waals surface area contributed by atoms with Crippen molar-refractivity contribution in [1.82, 2.24) is 5.32 Å². The molecular formula is C13H18N2O5. The van der Waals surface area contributed by atoms with Crippen molar-refractivity contribution < 1.29 is 23.8 Å². The molecule has 0 aliphatic carbocycles. The maximum absolute atomic E-state index is 11.6. The fraction of sp³-hybridized carbons (Fsp3) is 0.385. The molecule has 1 aromatic rings. The van der Waals surface area contributed by atoms with Crippen LogP contribution in [0.25, 0.3) is 0 Å². The van der Waals surface area contributed by atoms with Gasteiger partial charge < -0.3 is 25.3 Å². The van der Waals surface area contributed by atoms with Gasteiger partial charge in [-0.1, -0.05) is 0 Å². The van der Waals surface area contributed by atoms with Gasteiger partial charge in [0.05, 0.1) is 12.1 Å². The van der Waals surface area contributed by atoms with Gasteiger partial charge in [0, 0.05) is 19.9 Å². The molecule has 110 valence electrons. The summed E-state index contributed by atoms with van der Waals surface area (Å²) in [5, 5.41) is 2.51. The first-order chi connectivity index (χ1) is 9.56. The maximum Gasteiger partial charge on any atom is 0.338 e. The second kappa shape index (κ2) is 8.13. The van der Waals surface area contributed by atoms with Crippen molar-refractivity contribution in [2.75, 3.05) is 33.1 Å². The van der Waals surface area contributed by atoms with E-state index in [9.17, 15) is 9.59 Å². The number of carbonyl (C=O) groups is 2. The van der Waals surface area contributed by atoms with Crippen LogP contribution < -0.4 is 11.1 Å².